The van der Waals surface area contributed by atoms with Crippen LogP contribution in [0.5, 0.6) is 0 Å². The lowest BCUT2D eigenvalue weighted by atomic mass is 10.4. The molecule has 17 heavy (non-hydrogen) atoms. The van der Waals surface area contributed by atoms with Gasteiger partial charge in [0.1, 0.15) is 0 Å². The first kappa shape index (κ1) is 16.9. The average Bonchev–Trinajstić information content (AvgIpc) is 2.06. The number of nitrogens with one attached hydrogen (secondary N) is 1. The third-order valence-corrected chi connectivity index (χ3v) is 3.51. The largest absolute Gasteiger partial charge is 0.388 e. The van der Waals surface area contributed by atoms with Crippen LogP contribution in [0.15, 0.2) is 0 Å². The lowest BCUT2D eigenvalue weighted by Crippen LogP contribution is -2.40. The molecule has 12 heteroatoms. The van der Waals surface area contributed by atoms with Gasteiger partial charge in [0.2, 0.25) is 0 Å². The van der Waals surface area contributed by atoms with Crippen LogP contribution in [0.1, 0.15) is 6.42 Å². The molecule has 0 heterocycles. The molecule has 0 aromatic heterocycles. The highest BCUT2D eigenvalue weighted by Gasteiger charge is 2.18. The van der Waals surface area contributed by atoms with Crippen molar-refractivity contribution in [1.82, 2.24) is 4.31 Å². The molecule has 0 aliphatic rings. The van der Waals surface area contributed by atoms with Crippen LogP contribution >= 0.6 is 6.72 Å². The number of nitrogens with two attached hydrogens (primary N) is 2. The lowest BCUT2D eigenvalue weighted by Gasteiger charge is -2.19. The van der Waals surface area contributed by atoms with E-state index < -0.39 is 16.9 Å². The fourth-order valence-electron chi connectivity index (χ4n) is 0.873. The van der Waals surface area contributed by atoms with E-state index in [-0.39, 0.29) is 32.0 Å². The smallest absolute Gasteiger partial charge is 0.321 e. The van der Waals surface area contributed by atoms with Crippen LogP contribution in [-0.2, 0) is 26.5 Å². The molecule has 7 N–H and O–H groups in total. The molecular formula is C5H15N4O5PS2. The molecule has 0 aromatic rings. The number of hydrogen-bond donors (Lipinski definition) is 5. The van der Waals surface area contributed by atoms with Crippen molar-refractivity contribution in [3.8, 4) is 0 Å². The molecule has 102 valence electrons. The van der Waals surface area contributed by atoms with E-state index in [2.05, 4.69) is 16.3 Å². The molecule has 0 bridgehead atoms. The predicted octanol–water partition coefficient (Wildman–Crippen LogP) is -1.96. The number of hydrogen-bond acceptors (Lipinski definition) is 5. The highest BCUT2D eigenvalue weighted by molar-refractivity contribution is 8.06. The Hall–Kier alpha value is -0.130. The topological polar surface area (TPSA) is 163 Å². The molecule has 0 unspecified atom stereocenters. The Morgan fingerprint density at radius 3 is 2.35 bits per heavy atom. The van der Waals surface area contributed by atoms with Gasteiger partial charge in [-0.15, -0.1) is 0 Å². The van der Waals surface area contributed by atoms with Gasteiger partial charge in [0.05, 0.1) is 12.4 Å². The summed E-state index contributed by atoms with van der Waals surface area (Å²) in [7, 11) is -3.96. The fraction of sp³-hybridized carbons (Fsp3) is 0.800. The van der Waals surface area contributed by atoms with Gasteiger partial charge >= 0.3 is 6.72 Å². The summed E-state index contributed by atoms with van der Waals surface area (Å²) in [4.78, 5) is 17.5. The Morgan fingerprint density at radius 2 is 2.00 bits per heavy atom. The summed E-state index contributed by atoms with van der Waals surface area (Å²) in [5.41, 5.74) is 5.08. The zero-order valence-electron chi connectivity index (χ0n) is 8.81. The van der Waals surface area contributed by atoms with Gasteiger partial charge in [-0.3, -0.25) is 5.41 Å². The first-order chi connectivity index (χ1) is 7.52. The van der Waals surface area contributed by atoms with Gasteiger partial charge in [-0.1, -0.05) is 0 Å². The Bertz CT molecular complexity index is 407. The summed E-state index contributed by atoms with van der Waals surface area (Å²) >= 11 is 4.18. The van der Waals surface area contributed by atoms with Crippen LogP contribution in [0, 0.1) is 5.41 Å². The maximum atomic E-state index is 11.1. The monoisotopic (exact) mass is 306 g/mol. The molecule has 0 aliphatic heterocycles. The second kappa shape index (κ2) is 6.71. The van der Waals surface area contributed by atoms with E-state index in [9.17, 15) is 8.42 Å². The second-order valence-electron chi connectivity index (χ2n) is 3.04. The van der Waals surface area contributed by atoms with Gasteiger partial charge in [0, 0.05) is 19.5 Å². The number of amidine groups is 1. The quantitative estimate of drug-likeness (QED) is 0.197. The van der Waals surface area contributed by atoms with Crippen molar-refractivity contribution in [3.63, 3.8) is 0 Å². The van der Waals surface area contributed by atoms with E-state index in [1.807, 2.05) is 0 Å². The molecule has 0 spiro atoms. The van der Waals surface area contributed by atoms with Gasteiger partial charge in [-0.25, -0.2) is 5.14 Å². The van der Waals surface area contributed by atoms with E-state index in [1.165, 1.54) is 0 Å². The summed E-state index contributed by atoms with van der Waals surface area (Å²) in [6, 6.07) is 0. The molecule has 0 saturated heterocycles. The molecule has 0 amide bonds. The molecular weight excluding hydrogens is 291 g/mol. The van der Waals surface area contributed by atoms with Gasteiger partial charge in [-0.05, 0) is 11.8 Å². The van der Waals surface area contributed by atoms with Crippen LogP contribution < -0.4 is 10.9 Å². The summed E-state index contributed by atoms with van der Waals surface area (Å²) < 4.78 is 27.4. The molecule has 0 aromatic carbocycles. The zero-order chi connectivity index (χ0) is 13.7. The Balaban J connectivity index is 4.32. The summed E-state index contributed by atoms with van der Waals surface area (Å²) in [5, 5.41) is 11.9. The molecule has 0 radical (unpaired) electrons. The van der Waals surface area contributed by atoms with Crippen molar-refractivity contribution in [1.29, 1.82) is 5.41 Å². The molecule has 0 fully saturated rings. The zero-order valence-corrected chi connectivity index (χ0v) is 11.3. The molecule has 0 aliphatic carbocycles. The first-order valence-electron chi connectivity index (χ1n) is 4.33. The average molecular weight is 306 g/mol. The Morgan fingerprint density at radius 1 is 1.47 bits per heavy atom. The van der Waals surface area contributed by atoms with E-state index in [0.717, 1.165) is 4.31 Å². The standard InChI is InChI=1S/C5H15N4O5PS2/c6-5(7)1-2-9(17(8,12)13)3-4-14-15(10,11)16/h1-4H2,(H3,6,7)(H2,8,12,13)(H2,10,11,16). The lowest BCUT2D eigenvalue weighted by molar-refractivity contribution is 0.230. The minimum absolute atomic E-state index is 0.0167. The summed E-state index contributed by atoms with van der Waals surface area (Å²) in [5.74, 6) is -0.186. The van der Waals surface area contributed by atoms with Crippen molar-refractivity contribution >= 4 is 34.6 Å². The maximum Gasteiger partial charge on any atom is 0.321 e. The molecule has 0 atom stereocenters. The van der Waals surface area contributed by atoms with Crippen LogP contribution in [0.2, 0.25) is 0 Å². The van der Waals surface area contributed by atoms with Gasteiger partial charge in [0.25, 0.3) is 10.2 Å². The highest BCUT2D eigenvalue weighted by Crippen LogP contribution is 2.35. The van der Waals surface area contributed by atoms with Gasteiger partial charge in [-0.2, -0.15) is 12.7 Å². The maximum absolute atomic E-state index is 11.1. The van der Waals surface area contributed by atoms with E-state index in [1.54, 1.807) is 0 Å². The first-order valence-corrected chi connectivity index (χ1v) is 8.46. The number of nitrogens with zero attached hydrogens (tertiary/aromatic N) is 1. The van der Waals surface area contributed by atoms with E-state index in [0.29, 0.717) is 0 Å². The second-order valence-corrected chi connectivity index (χ2v) is 7.26. The van der Waals surface area contributed by atoms with Crippen LogP contribution in [0.3, 0.4) is 0 Å². The summed E-state index contributed by atoms with van der Waals surface area (Å²) in [6.45, 7) is -4.40. The SMILES string of the molecule is N=C(N)CCN(CCOP(O)(O)=S)S(N)(=O)=O. The van der Waals surface area contributed by atoms with Crippen LogP contribution in [-0.4, -0.2) is 48.0 Å². The van der Waals surface area contributed by atoms with Gasteiger partial charge < -0.3 is 20.0 Å². The molecule has 9 nitrogen and oxygen atoms in total. The van der Waals surface area contributed by atoms with Gasteiger partial charge in [0.15, 0.2) is 0 Å². The van der Waals surface area contributed by atoms with Crippen molar-refractivity contribution in [3.05, 3.63) is 0 Å². The normalized spacial score (nSPS) is 12.9. The van der Waals surface area contributed by atoms with Crippen molar-refractivity contribution in [2.75, 3.05) is 19.7 Å². The van der Waals surface area contributed by atoms with Crippen molar-refractivity contribution in [2.24, 2.45) is 10.9 Å². The van der Waals surface area contributed by atoms with Crippen molar-refractivity contribution in [2.45, 2.75) is 6.42 Å². The fourth-order valence-corrected chi connectivity index (χ4v) is 2.09. The minimum atomic E-state index is -3.96. The minimum Gasteiger partial charge on any atom is -0.388 e. The number of rotatable bonds is 8. The van der Waals surface area contributed by atoms with Crippen LogP contribution in [0.25, 0.3) is 0 Å². The highest BCUT2D eigenvalue weighted by atomic mass is 32.5. The van der Waals surface area contributed by atoms with Crippen molar-refractivity contribution < 1.29 is 22.7 Å². The molecule has 0 rings (SSSR count). The van der Waals surface area contributed by atoms with Crippen LogP contribution in [0.4, 0.5) is 0 Å². The third kappa shape index (κ3) is 9.56. The summed E-state index contributed by atoms with van der Waals surface area (Å²) in [6.07, 6.45) is 0.0167. The Kier molecular flexibility index (Phi) is 6.66. The van der Waals surface area contributed by atoms with E-state index >= 15 is 0 Å². The Labute approximate surface area is 104 Å². The third-order valence-electron chi connectivity index (χ3n) is 1.59. The predicted molar refractivity (Wildman–Crippen MR) is 65.9 cm³/mol. The van der Waals surface area contributed by atoms with E-state index in [4.69, 9.17) is 26.1 Å². The molecule has 0 saturated carbocycles.